The fourth-order valence-corrected chi connectivity index (χ4v) is 1.14. The van der Waals surface area contributed by atoms with Gasteiger partial charge in [-0.25, -0.2) is 0 Å². The molecule has 1 aliphatic rings. The van der Waals surface area contributed by atoms with Gasteiger partial charge in [0.05, 0.1) is 0 Å². The molecule has 0 N–H and O–H groups in total. The highest BCUT2D eigenvalue weighted by Gasteiger charge is 2.26. The van der Waals surface area contributed by atoms with Gasteiger partial charge in [-0.2, -0.15) is 0 Å². The maximum absolute atomic E-state index is 10.6. The molecule has 0 amide bonds. The van der Waals surface area contributed by atoms with Crippen molar-refractivity contribution in [3.05, 3.63) is 10.1 Å². The molecule has 0 spiro atoms. The summed E-state index contributed by atoms with van der Waals surface area (Å²) in [5.74, 6) is 0.165. The summed E-state index contributed by atoms with van der Waals surface area (Å²) in [5, 5.41) is 10.2. The molecule has 0 bridgehead atoms. The predicted octanol–water partition coefficient (Wildman–Crippen LogP) is 2.19. The number of hydrogen-bond donors (Lipinski definition) is 0. The summed E-state index contributed by atoms with van der Waals surface area (Å²) in [6.45, 7) is 4.25. The molecule has 0 atom stereocenters. The highest BCUT2D eigenvalue weighted by Crippen LogP contribution is 2.16. The Balaban J connectivity index is 0.000000424. The van der Waals surface area contributed by atoms with Crippen LogP contribution in [0.25, 0.3) is 0 Å². The molecule has 13 heavy (non-hydrogen) atoms. The maximum atomic E-state index is 10.6. The largest absolute Gasteiger partial charge is 0.300 e. The molecule has 0 aromatic carbocycles. The van der Waals surface area contributed by atoms with E-state index in [4.69, 9.17) is 0 Å². The first-order chi connectivity index (χ1) is 6.11. The number of rotatable bonds is 1. The highest BCUT2D eigenvalue weighted by atomic mass is 16.6. The van der Waals surface area contributed by atoms with Gasteiger partial charge in [0.25, 0.3) is 0 Å². The third-order valence-electron chi connectivity index (χ3n) is 1.81. The van der Waals surface area contributed by atoms with Gasteiger partial charge < -0.3 is 0 Å². The van der Waals surface area contributed by atoms with Crippen LogP contribution in [0.15, 0.2) is 0 Å². The van der Waals surface area contributed by atoms with E-state index in [2.05, 4.69) is 13.8 Å². The van der Waals surface area contributed by atoms with E-state index < -0.39 is 6.04 Å². The Hall–Kier alpha value is -0.930. The Morgan fingerprint density at radius 1 is 1.38 bits per heavy atom. The molecule has 1 fully saturated rings. The number of carbonyl (C=O) groups is 1. The van der Waals surface area contributed by atoms with E-state index in [1.165, 1.54) is 6.42 Å². The van der Waals surface area contributed by atoms with Crippen LogP contribution >= 0.6 is 0 Å². The summed E-state index contributed by atoms with van der Waals surface area (Å²) in [4.78, 5) is 20.5. The van der Waals surface area contributed by atoms with Crippen LogP contribution in [0, 0.1) is 10.1 Å². The highest BCUT2D eigenvalue weighted by molar-refractivity contribution is 5.79. The number of hydrogen-bond acceptors (Lipinski definition) is 3. The fourth-order valence-electron chi connectivity index (χ4n) is 1.14. The topological polar surface area (TPSA) is 60.2 Å². The smallest absolute Gasteiger partial charge is 0.214 e. The summed E-state index contributed by atoms with van der Waals surface area (Å²) in [7, 11) is 0. The van der Waals surface area contributed by atoms with E-state index in [9.17, 15) is 14.9 Å². The van der Waals surface area contributed by atoms with Gasteiger partial charge in [0.1, 0.15) is 5.78 Å². The number of carbonyl (C=O) groups excluding carboxylic acids is 1. The molecular weight excluding hydrogens is 170 g/mol. The second-order valence-electron chi connectivity index (χ2n) is 3.26. The maximum Gasteiger partial charge on any atom is 0.214 e. The zero-order valence-corrected chi connectivity index (χ0v) is 8.28. The minimum Gasteiger partial charge on any atom is -0.300 e. The lowest BCUT2D eigenvalue weighted by molar-refractivity contribution is -0.525. The Labute approximate surface area is 78.5 Å². The number of nitrogens with zero attached hydrogens (tertiary/aromatic N) is 1. The molecule has 0 saturated heterocycles. The van der Waals surface area contributed by atoms with Crippen molar-refractivity contribution in [1.82, 2.24) is 0 Å². The quantitative estimate of drug-likeness (QED) is 0.467. The van der Waals surface area contributed by atoms with Crippen LogP contribution in [0.2, 0.25) is 0 Å². The van der Waals surface area contributed by atoms with Crippen LogP contribution in [0.5, 0.6) is 0 Å². The van der Waals surface area contributed by atoms with Crippen molar-refractivity contribution in [3.63, 3.8) is 0 Å². The molecule has 0 aliphatic heterocycles. The number of Topliss-reactive ketones (excluding diaryl/α,β-unsaturated/α-hetero) is 1. The van der Waals surface area contributed by atoms with E-state index in [-0.39, 0.29) is 10.7 Å². The second kappa shape index (κ2) is 6.57. The van der Waals surface area contributed by atoms with Crippen LogP contribution in [0.1, 0.15) is 46.0 Å². The van der Waals surface area contributed by atoms with Crippen molar-refractivity contribution in [1.29, 1.82) is 0 Å². The Morgan fingerprint density at radius 3 is 2.08 bits per heavy atom. The zero-order valence-electron chi connectivity index (χ0n) is 8.28. The molecule has 4 heteroatoms. The SMILES string of the molecule is CCC.O=C1CCC([N+](=O)[O-])CC1. The van der Waals surface area contributed by atoms with Crippen LogP contribution in [0.3, 0.4) is 0 Å². The molecule has 0 aromatic heterocycles. The lowest BCUT2D eigenvalue weighted by Gasteiger charge is -2.12. The van der Waals surface area contributed by atoms with Crippen molar-refractivity contribution < 1.29 is 9.72 Å². The van der Waals surface area contributed by atoms with E-state index in [0.717, 1.165) is 0 Å². The van der Waals surface area contributed by atoms with Crippen molar-refractivity contribution in [2.24, 2.45) is 0 Å². The van der Waals surface area contributed by atoms with E-state index in [1.54, 1.807) is 0 Å². The van der Waals surface area contributed by atoms with Crippen LogP contribution in [-0.4, -0.2) is 16.7 Å². The van der Waals surface area contributed by atoms with Crippen molar-refractivity contribution in [2.75, 3.05) is 0 Å². The van der Waals surface area contributed by atoms with Crippen LogP contribution < -0.4 is 0 Å². The van der Waals surface area contributed by atoms with Crippen molar-refractivity contribution in [2.45, 2.75) is 52.0 Å². The molecule has 1 rings (SSSR count). The molecule has 0 heterocycles. The lowest BCUT2D eigenvalue weighted by atomic mass is 9.95. The third-order valence-corrected chi connectivity index (χ3v) is 1.81. The fraction of sp³-hybridized carbons (Fsp3) is 0.889. The molecule has 76 valence electrons. The summed E-state index contributed by atoms with van der Waals surface area (Å²) in [6.07, 6.45) is 2.91. The Bertz CT molecular complexity index is 170. The first kappa shape index (κ1) is 12.1. The molecule has 0 aromatic rings. The predicted molar refractivity (Wildman–Crippen MR) is 50.2 cm³/mol. The lowest BCUT2D eigenvalue weighted by Crippen LogP contribution is -2.25. The molecular formula is C9H17NO3. The van der Waals surface area contributed by atoms with Gasteiger partial charge in [0, 0.05) is 30.6 Å². The van der Waals surface area contributed by atoms with Gasteiger partial charge in [-0.05, 0) is 0 Å². The van der Waals surface area contributed by atoms with Gasteiger partial charge in [-0.3, -0.25) is 14.9 Å². The summed E-state index contributed by atoms with van der Waals surface area (Å²) >= 11 is 0. The van der Waals surface area contributed by atoms with Gasteiger partial charge in [-0.15, -0.1) is 0 Å². The average molecular weight is 187 g/mol. The molecule has 1 saturated carbocycles. The van der Waals surface area contributed by atoms with Gasteiger partial charge in [-0.1, -0.05) is 20.3 Å². The molecule has 0 radical (unpaired) electrons. The normalized spacial score (nSPS) is 17.5. The van der Waals surface area contributed by atoms with Crippen LogP contribution in [0.4, 0.5) is 0 Å². The van der Waals surface area contributed by atoms with Crippen molar-refractivity contribution in [3.8, 4) is 0 Å². The summed E-state index contributed by atoms with van der Waals surface area (Å²) in [6, 6.07) is -0.460. The first-order valence-corrected chi connectivity index (χ1v) is 4.77. The summed E-state index contributed by atoms with van der Waals surface area (Å²) in [5.41, 5.74) is 0. The average Bonchev–Trinajstić information content (AvgIpc) is 2.06. The van der Waals surface area contributed by atoms with E-state index in [1.807, 2.05) is 0 Å². The Kier molecular flexibility index (Phi) is 6.10. The molecule has 0 unspecified atom stereocenters. The zero-order chi connectivity index (χ0) is 10.3. The summed E-state index contributed by atoms with van der Waals surface area (Å²) < 4.78 is 0. The molecule has 4 nitrogen and oxygen atoms in total. The van der Waals surface area contributed by atoms with Crippen molar-refractivity contribution >= 4 is 5.78 Å². The minimum absolute atomic E-state index is 0.165. The van der Waals surface area contributed by atoms with Crippen LogP contribution in [-0.2, 0) is 4.79 Å². The van der Waals surface area contributed by atoms with Gasteiger partial charge >= 0.3 is 0 Å². The first-order valence-electron chi connectivity index (χ1n) is 4.77. The van der Waals surface area contributed by atoms with E-state index in [0.29, 0.717) is 25.7 Å². The standard InChI is InChI=1S/C6H9NO3.C3H8/c8-6-3-1-5(2-4-6)7(9)10;1-3-2/h5H,1-4H2;3H2,1-2H3. The Morgan fingerprint density at radius 2 is 1.77 bits per heavy atom. The monoisotopic (exact) mass is 187 g/mol. The second-order valence-corrected chi connectivity index (χ2v) is 3.26. The molecule has 1 aliphatic carbocycles. The third kappa shape index (κ3) is 5.33. The minimum atomic E-state index is -0.460. The number of nitro groups is 1. The van der Waals surface area contributed by atoms with Gasteiger partial charge in [0.2, 0.25) is 6.04 Å². The van der Waals surface area contributed by atoms with E-state index >= 15 is 0 Å². The van der Waals surface area contributed by atoms with Gasteiger partial charge in [0.15, 0.2) is 0 Å². The number of ketones is 1.